The van der Waals surface area contributed by atoms with Gasteiger partial charge >= 0.3 is 0 Å². The summed E-state index contributed by atoms with van der Waals surface area (Å²) in [6, 6.07) is 0. The number of aliphatic hydroxyl groups excluding tert-OH is 2. The van der Waals surface area contributed by atoms with Crippen LogP contribution < -0.4 is 0 Å². The number of aliphatic hydroxyl groups is 2. The van der Waals surface area contributed by atoms with Gasteiger partial charge in [-0.05, 0) is 13.8 Å². The van der Waals surface area contributed by atoms with E-state index in [0.29, 0.717) is 6.54 Å². The summed E-state index contributed by atoms with van der Waals surface area (Å²) < 4.78 is 11.7. The Morgan fingerprint density at radius 3 is 2.71 bits per heavy atom. The fourth-order valence-electron chi connectivity index (χ4n) is 2.89. The van der Waals surface area contributed by atoms with Crippen molar-refractivity contribution >= 4 is 11.8 Å². The molecule has 3 saturated heterocycles. The predicted octanol–water partition coefficient (Wildman–Crippen LogP) is -0.383. The smallest absolute Gasteiger partial charge is 0.164 e. The number of hydrogen-bond donors (Lipinski definition) is 2. The third-order valence-electron chi connectivity index (χ3n) is 3.62. The molecule has 0 aliphatic carbocycles. The third-order valence-corrected chi connectivity index (χ3v) is 4.95. The maximum Gasteiger partial charge on any atom is 0.164 e. The molecule has 17 heavy (non-hydrogen) atoms. The molecule has 0 aromatic rings. The van der Waals surface area contributed by atoms with Gasteiger partial charge in [0, 0.05) is 18.8 Å². The normalized spacial score (nSPS) is 49.8. The molecule has 0 amide bonds. The van der Waals surface area contributed by atoms with Gasteiger partial charge in [0.25, 0.3) is 0 Å². The molecule has 3 heterocycles. The highest BCUT2D eigenvalue weighted by atomic mass is 32.2. The molecule has 2 N–H and O–H groups in total. The van der Waals surface area contributed by atoms with Crippen molar-refractivity contribution in [1.82, 2.24) is 4.90 Å². The maximum absolute atomic E-state index is 10.1. The van der Waals surface area contributed by atoms with Gasteiger partial charge in [-0.15, -0.1) is 11.8 Å². The number of nitrogens with zero attached hydrogens (tertiary/aromatic N) is 1. The van der Waals surface area contributed by atoms with Gasteiger partial charge in [-0.2, -0.15) is 0 Å². The van der Waals surface area contributed by atoms with Gasteiger partial charge in [0.15, 0.2) is 5.79 Å². The lowest BCUT2D eigenvalue weighted by molar-refractivity contribution is -0.167. The second kappa shape index (κ2) is 4.08. The van der Waals surface area contributed by atoms with Crippen LogP contribution >= 0.6 is 11.8 Å². The standard InChI is InChI=1S/C11H19NO4S/c1-11(2)15-8-7(14)6(13)5-12-3-4-17-10(12)9(8)16-11/h6-10,13-14H,3-5H2,1-2H3/t6-,7-,8+,9+,10-/m1/s1. The van der Waals surface area contributed by atoms with E-state index in [-0.39, 0.29) is 11.5 Å². The molecule has 3 rings (SSSR count). The second-order valence-corrected chi connectivity index (χ2v) is 6.60. The van der Waals surface area contributed by atoms with Crippen LogP contribution in [0, 0.1) is 0 Å². The van der Waals surface area contributed by atoms with Crippen LogP contribution in [0.2, 0.25) is 0 Å². The van der Waals surface area contributed by atoms with E-state index in [1.54, 1.807) is 0 Å². The van der Waals surface area contributed by atoms with Crippen LogP contribution in [0.3, 0.4) is 0 Å². The van der Waals surface area contributed by atoms with Gasteiger partial charge < -0.3 is 19.7 Å². The fraction of sp³-hybridized carbons (Fsp3) is 1.00. The van der Waals surface area contributed by atoms with E-state index in [2.05, 4.69) is 4.90 Å². The van der Waals surface area contributed by atoms with Crippen LogP contribution in [0.25, 0.3) is 0 Å². The lowest BCUT2D eigenvalue weighted by Gasteiger charge is -2.27. The maximum atomic E-state index is 10.1. The summed E-state index contributed by atoms with van der Waals surface area (Å²) in [4.78, 5) is 2.19. The molecule has 5 atom stereocenters. The topological polar surface area (TPSA) is 62.2 Å². The van der Waals surface area contributed by atoms with Crippen LogP contribution in [-0.4, -0.2) is 69.5 Å². The summed E-state index contributed by atoms with van der Waals surface area (Å²) >= 11 is 1.82. The molecule has 3 fully saturated rings. The summed E-state index contributed by atoms with van der Waals surface area (Å²) in [5.41, 5.74) is 0. The zero-order chi connectivity index (χ0) is 12.2. The molecule has 3 aliphatic heterocycles. The van der Waals surface area contributed by atoms with E-state index < -0.39 is 24.1 Å². The van der Waals surface area contributed by atoms with Gasteiger partial charge in [0.05, 0.1) is 11.5 Å². The first-order chi connectivity index (χ1) is 7.98. The summed E-state index contributed by atoms with van der Waals surface area (Å²) in [5, 5.41) is 20.3. The van der Waals surface area contributed by atoms with Crippen molar-refractivity contribution in [3.63, 3.8) is 0 Å². The van der Waals surface area contributed by atoms with Gasteiger partial charge in [-0.1, -0.05) is 0 Å². The number of thioether (sulfide) groups is 1. The largest absolute Gasteiger partial charge is 0.389 e. The van der Waals surface area contributed by atoms with Crippen LogP contribution in [0.5, 0.6) is 0 Å². The molecule has 98 valence electrons. The molecule has 6 heteroatoms. The van der Waals surface area contributed by atoms with Crippen molar-refractivity contribution in [2.75, 3.05) is 18.8 Å². The van der Waals surface area contributed by atoms with Gasteiger partial charge in [-0.3, -0.25) is 4.90 Å². The number of ether oxygens (including phenoxy) is 2. The van der Waals surface area contributed by atoms with Crippen LogP contribution in [0.1, 0.15) is 13.8 Å². The molecule has 0 unspecified atom stereocenters. The first-order valence-electron chi connectivity index (χ1n) is 6.05. The Bertz CT molecular complexity index is 314. The number of fused-ring (bicyclic) bond motifs is 3. The molecule has 0 aromatic heterocycles. The molecule has 5 nitrogen and oxygen atoms in total. The Hall–Kier alpha value is 0.150. The van der Waals surface area contributed by atoms with Crippen LogP contribution in [-0.2, 0) is 9.47 Å². The number of rotatable bonds is 0. The molecule has 3 aliphatic rings. The minimum atomic E-state index is -0.868. The number of hydrogen-bond acceptors (Lipinski definition) is 6. The van der Waals surface area contributed by atoms with Crippen molar-refractivity contribution in [1.29, 1.82) is 0 Å². The Morgan fingerprint density at radius 1 is 1.24 bits per heavy atom. The lowest BCUT2D eigenvalue weighted by atomic mass is 10.1. The summed E-state index contributed by atoms with van der Waals surface area (Å²) in [6.45, 7) is 5.14. The van der Waals surface area contributed by atoms with E-state index in [9.17, 15) is 10.2 Å². The van der Waals surface area contributed by atoms with Crippen molar-refractivity contribution in [2.24, 2.45) is 0 Å². The van der Waals surface area contributed by atoms with Crippen LogP contribution in [0.15, 0.2) is 0 Å². The van der Waals surface area contributed by atoms with Gasteiger partial charge in [0.2, 0.25) is 0 Å². The Kier molecular flexibility index (Phi) is 2.93. The Balaban J connectivity index is 1.90. The molecule has 0 bridgehead atoms. The van der Waals surface area contributed by atoms with E-state index in [0.717, 1.165) is 12.3 Å². The second-order valence-electron chi connectivity index (χ2n) is 5.38. The predicted molar refractivity (Wildman–Crippen MR) is 63.7 cm³/mol. The Labute approximate surface area is 105 Å². The molecule has 0 saturated carbocycles. The monoisotopic (exact) mass is 261 g/mol. The van der Waals surface area contributed by atoms with Crippen molar-refractivity contribution in [2.45, 2.75) is 49.4 Å². The zero-order valence-corrected chi connectivity index (χ0v) is 10.9. The summed E-state index contributed by atoms with van der Waals surface area (Å²) in [6.07, 6.45) is -2.22. The average Bonchev–Trinajstić information content (AvgIpc) is 2.78. The quantitative estimate of drug-likeness (QED) is 0.620. The summed E-state index contributed by atoms with van der Waals surface area (Å²) in [7, 11) is 0. The van der Waals surface area contributed by atoms with E-state index in [4.69, 9.17) is 9.47 Å². The van der Waals surface area contributed by atoms with Gasteiger partial charge in [-0.25, -0.2) is 0 Å². The van der Waals surface area contributed by atoms with Crippen molar-refractivity contribution in [3.8, 4) is 0 Å². The molecule has 0 radical (unpaired) electrons. The van der Waals surface area contributed by atoms with Crippen molar-refractivity contribution in [3.05, 3.63) is 0 Å². The SMILES string of the molecule is CC1(C)O[C@H]2[C@H](O)[C@H](O)CN3CCS[C@@H]3[C@H]2O1. The lowest BCUT2D eigenvalue weighted by Crippen LogP contribution is -2.43. The summed E-state index contributed by atoms with van der Waals surface area (Å²) in [5.74, 6) is 0.364. The highest BCUT2D eigenvalue weighted by molar-refractivity contribution is 8.00. The van der Waals surface area contributed by atoms with Gasteiger partial charge in [0.1, 0.15) is 18.3 Å². The Morgan fingerprint density at radius 2 is 1.94 bits per heavy atom. The molecule has 0 aromatic carbocycles. The van der Waals surface area contributed by atoms with E-state index >= 15 is 0 Å². The first-order valence-corrected chi connectivity index (χ1v) is 7.10. The van der Waals surface area contributed by atoms with Crippen molar-refractivity contribution < 1.29 is 19.7 Å². The first kappa shape index (κ1) is 12.2. The third kappa shape index (κ3) is 2.01. The fourth-order valence-corrected chi connectivity index (χ4v) is 4.27. The molecule has 0 spiro atoms. The van der Waals surface area contributed by atoms with E-state index in [1.807, 2.05) is 25.6 Å². The van der Waals surface area contributed by atoms with Crippen LogP contribution in [0.4, 0.5) is 0 Å². The minimum absolute atomic E-state index is 0.162. The highest BCUT2D eigenvalue weighted by Crippen LogP contribution is 2.41. The average molecular weight is 261 g/mol. The minimum Gasteiger partial charge on any atom is -0.389 e. The molecular weight excluding hydrogens is 242 g/mol. The highest BCUT2D eigenvalue weighted by Gasteiger charge is 2.54. The zero-order valence-electron chi connectivity index (χ0n) is 10.1. The molecular formula is C11H19NO4S. The van der Waals surface area contributed by atoms with E-state index in [1.165, 1.54) is 0 Å².